The number of nitrogens with two attached hydrogens (primary N) is 1. The molecule has 0 saturated heterocycles. The number of ether oxygens (including phenoxy) is 2. The van der Waals surface area contributed by atoms with E-state index in [1.807, 2.05) is 19.1 Å². The van der Waals surface area contributed by atoms with Gasteiger partial charge in [0.15, 0.2) is 0 Å². The van der Waals surface area contributed by atoms with Gasteiger partial charge in [0.2, 0.25) is 0 Å². The second-order valence-corrected chi connectivity index (χ2v) is 3.90. The second-order valence-electron chi connectivity index (χ2n) is 3.90. The molecule has 0 fully saturated rings. The Bertz CT molecular complexity index is 351. The molecule has 82 valence electrons. The van der Waals surface area contributed by atoms with Crippen molar-refractivity contribution < 1.29 is 9.47 Å². The molecule has 0 radical (unpaired) electrons. The highest BCUT2D eigenvalue weighted by molar-refractivity contribution is 5.45. The number of methoxy groups -OCH3 is 1. The van der Waals surface area contributed by atoms with Crippen LogP contribution in [-0.2, 0) is 11.2 Å². The first-order chi connectivity index (χ1) is 7.24. The second kappa shape index (κ2) is 4.21. The zero-order valence-corrected chi connectivity index (χ0v) is 9.19. The van der Waals surface area contributed by atoms with Crippen molar-refractivity contribution in [3.05, 3.63) is 29.3 Å². The highest BCUT2D eigenvalue weighted by atomic mass is 16.5. The highest BCUT2D eigenvalue weighted by Gasteiger charge is 2.23. The summed E-state index contributed by atoms with van der Waals surface area (Å²) in [4.78, 5) is 0. The smallest absolute Gasteiger partial charge is 0.127 e. The molecule has 2 N–H and O–H groups in total. The first-order valence-electron chi connectivity index (χ1n) is 5.27. The minimum absolute atomic E-state index is 0.000648. The monoisotopic (exact) mass is 207 g/mol. The SMILES string of the molecule is COC(C)C(N)c1cccc2c1OCC2. The summed E-state index contributed by atoms with van der Waals surface area (Å²) in [6, 6.07) is 6.02. The van der Waals surface area contributed by atoms with E-state index < -0.39 is 0 Å². The summed E-state index contributed by atoms with van der Waals surface area (Å²) in [5, 5.41) is 0. The average molecular weight is 207 g/mol. The number of rotatable bonds is 3. The molecule has 0 aliphatic carbocycles. The van der Waals surface area contributed by atoms with Gasteiger partial charge >= 0.3 is 0 Å². The fraction of sp³-hybridized carbons (Fsp3) is 0.500. The zero-order valence-electron chi connectivity index (χ0n) is 9.19. The predicted molar refractivity (Wildman–Crippen MR) is 59.0 cm³/mol. The maximum absolute atomic E-state index is 6.12. The van der Waals surface area contributed by atoms with Crippen molar-refractivity contribution in [2.45, 2.75) is 25.5 Å². The quantitative estimate of drug-likeness (QED) is 0.819. The molecule has 2 atom stereocenters. The molecule has 1 aliphatic rings. The van der Waals surface area contributed by atoms with Gasteiger partial charge in [-0.2, -0.15) is 0 Å². The van der Waals surface area contributed by atoms with Gasteiger partial charge in [0.05, 0.1) is 18.8 Å². The van der Waals surface area contributed by atoms with E-state index in [1.54, 1.807) is 7.11 Å². The van der Waals surface area contributed by atoms with E-state index in [2.05, 4.69) is 6.07 Å². The lowest BCUT2D eigenvalue weighted by molar-refractivity contribution is 0.0948. The molecule has 0 amide bonds. The van der Waals surface area contributed by atoms with Crippen LogP contribution >= 0.6 is 0 Å². The molecule has 1 aromatic carbocycles. The summed E-state index contributed by atoms with van der Waals surface area (Å²) in [6.07, 6.45) is 0.984. The first kappa shape index (κ1) is 10.5. The molecule has 3 heteroatoms. The van der Waals surface area contributed by atoms with E-state index in [0.29, 0.717) is 0 Å². The van der Waals surface area contributed by atoms with Gasteiger partial charge in [-0.05, 0) is 12.5 Å². The van der Waals surface area contributed by atoms with E-state index in [-0.39, 0.29) is 12.1 Å². The van der Waals surface area contributed by atoms with Crippen molar-refractivity contribution in [2.75, 3.05) is 13.7 Å². The number of benzene rings is 1. The fourth-order valence-corrected chi connectivity index (χ4v) is 1.90. The van der Waals surface area contributed by atoms with Gasteiger partial charge in [0, 0.05) is 19.1 Å². The largest absolute Gasteiger partial charge is 0.493 e. The molecule has 1 aliphatic heterocycles. The Labute approximate surface area is 90.2 Å². The van der Waals surface area contributed by atoms with Crippen LogP contribution < -0.4 is 10.5 Å². The minimum atomic E-state index is -0.122. The lowest BCUT2D eigenvalue weighted by Gasteiger charge is -2.20. The topological polar surface area (TPSA) is 44.5 Å². The fourth-order valence-electron chi connectivity index (χ4n) is 1.90. The molecule has 3 nitrogen and oxygen atoms in total. The van der Waals surface area contributed by atoms with Crippen LogP contribution in [0.3, 0.4) is 0 Å². The number of hydrogen-bond donors (Lipinski definition) is 1. The molecule has 1 heterocycles. The Morgan fingerprint density at radius 1 is 1.47 bits per heavy atom. The first-order valence-corrected chi connectivity index (χ1v) is 5.27. The van der Waals surface area contributed by atoms with Crippen molar-refractivity contribution in [3.8, 4) is 5.75 Å². The summed E-state index contributed by atoms with van der Waals surface area (Å²) in [6.45, 7) is 2.74. The van der Waals surface area contributed by atoms with Gasteiger partial charge in [-0.15, -0.1) is 0 Å². The summed E-state index contributed by atoms with van der Waals surface area (Å²) in [7, 11) is 1.68. The third-order valence-corrected chi connectivity index (χ3v) is 2.98. The van der Waals surface area contributed by atoms with Crippen LogP contribution in [0.1, 0.15) is 24.1 Å². The Kier molecular flexibility index (Phi) is 2.93. The van der Waals surface area contributed by atoms with Gasteiger partial charge in [-0.3, -0.25) is 0 Å². The highest BCUT2D eigenvalue weighted by Crippen LogP contribution is 2.33. The van der Waals surface area contributed by atoms with Gasteiger partial charge in [0.25, 0.3) is 0 Å². The van der Waals surface area contributed by atoms with E-state index in [0.717, 1.165) is 24.3 Å². The molecule has 0 saturated carbocycles. The van der Waals surface area contributed by atoms with Crippen LogP contribution in [0.5, 0.6) is 5.75 Å². The van der Waals surface area contributed by atoms with Crippen molar-refractivity contribution >= 4 is 0 Å². The molecule has 0 spiro atoms. The summed E-state index contributed by atoms with van der Waals surface area (Å²) < 4.78 is 10.9. The lowest BCUT2D eigenvalue weighted by Crippen LogP contribution is -2.25. The molecular weight excluding hydrogens is 190 g/mol. The average Bonchev–Trinajstić information content (AvgIpc) is 2.74. The van der Waals surface area contributed by atoms with Crippen molar-refractivity contribution in [1.82, 2.24) is 0 Å². The molecule has 2 rings (SSSR count). The molecular formula is C12H17NO2. The van der Waals surface area contributed by atoms with E-state index in [4.69, 9.17) is 15.2 Å². The maximum atomic E-state index is 6.12. The van der Waals surface area contributed by atoms with E-state index >= 15 is 0 Å². The summed E-state index contributed by atoms with van der Waals surface area (Å²) >= 11 is 0. The van der Waals surface area contributed by atoms with Crippen molar-refractivity contribution in [1.29, 1.82) is 0 Å². The van der Waals surface area contributed by atoms with E-state index in [1.165, 1.54) is 5.56 Å². The Balaban J connectivity index is 2.32. The maximum Gasteiger partial charge on any atom is 0.127 e. The molecule has 2 unspecified atom stereocenters. The number of hydrogen-bond acceptors (Lipinski definition) is 3. The molecule has 0 aromatic heterocycles. The Hall–Kier alpha value is -1.06. The van der Waals surface area contributed by atoms with Crippen LogP contribution in [0.4, 0.5) is 0 Å². The Morgan fingerprint density at radius 3 is 3.00 bits per heavy atom. The lowest BCUT2D eigenvalue weighted by atomic mass is 9.99. The van der Waals surface area contributed by atoms with Crippen LogP contribution in [0, 0.1) is 0 Å². The molecule has 1 aromatic rings. The Morgan fingerprint density at radius 2 is 2.27 bits per heavy atom. The van der Waals surface area contributed by atoms with Crippen LogP contribution in [0.2, 0.25) is 0 Å². The third kappa shape index (κ3) is 1.85. The number of fused-ring (bicyclic) bond motifs is 1. The predicted octanol–water partition coefficient (Wildman–Crippen LogP) is 1.66. The van der Waals surface area contributed by atoms with Crippen molar-refractivity contribution in [3.63, 3.8) is 0 Å². The summed E-state index contributed by atoms with van der Waals surface area (Å²) in [5.74, 6) is 0.967. The zero-order chi connectivity index (χ0) is 10.8. The standard InChI is InChI=1S/C12H17NO2/c1-8(14-2)11(13)10-5-3-4-9-6-7-15-12(9)10/h3-5,8,11H,6-7,13H2,1-2H3. The van der Waals surface area contributed by atoms with E-state index in [9.17, 15) is 0 Å². The molecule has 15 heavy (non-hydrogen) atoms. The minimum Gasteiger partial charge on any atom is -0.493 e. The van der Waals surface area contributed by atoms with Gasteiger partial charge in [-0.1, -0.05) is 18.2 Å². The normalized spacial score (nSPS) is 18.1. The van der Waals surface area contributed by atoms with Gasteiger partial charge < -0.3 is 15.2 Å². The van der Waals surface area contributed by atoms with Crippen LogP contribution in [0.15, 0.2) is 18.2 Å². The van der Waals surface area contributed by atoms with Crippen LogP contribution in [-0.4, -0.2) is 19.8 Å². The number of para-hydroxylation sites is 1. The van der Waals surface area contributed by atoms with Gasteiger partial charge in [0.1, 0.15) is 5.75 Å². The van der Waals surface area contributed by atoms with Gasteiger partial charge in [-0.25, -0.2) is 0 Å². The third-order valence-electron chi connectivity index (χ3n) is 2.98. The van der Waals surface area contributed by atoms with Crippen molar-refractivity contribution in [2.24, 2.45) is 5.73 Å². The van der Waals surface area contributed by atoms with Crippen LogP contribution in [0.25, 0.3) is 0 Å². The summed E-state index contributed by atoms with van der Waals surface area (Å²) in [5.41, 5.74) is 8.43. The molecule has 0 bridgehead atoms.